The van der Waals surface area contributed by atoms with Crippen molar-refractivity contribution >= 4 is 17.6 Å². The van der Waals surface area contributed by atoms with E-state index in [0.29, 0.717) is 5.82 Å². The molecule has 0 radical (unpaired) electrons. The van der Waals surface area contributed by atoms with Crippen LogP contribution in [0, 0.1) is 12.7 Å². The first-order valence-electron chi connectivity index (χ1n) is 12.2. The van der Waals surface area contributed by atoms with Gasteiger partial charge in [-0.2, -0.15) is 5.10 Å². The second-order valence-corrected chi connectivity index (χ2v) is 10.1. The highest BCUT2D eigenvalue weighted by Gasteiger charge is 2.24. The van der Waals surface area contributed by atoms with Crippen LogP contribution in [-0.4, -0.2) is 33.0 Å². The number of carbonyl (C=O) groups excluding carboxylic acids is 2. The molecule has 4 rings (SSSR count). The molecule has 4 aromatic rings. The van der Waals surface area contributed by atoms with Gasteiger partial charge in [0.1, 0.15) is 18.2 Å². The first-order valence-corrected chi connectivity index (χ1v) is 12.2. The summed E-state index contributed by atoms with van der Waals surface area (Å²) in [6.07, 6.45) is 0. The van der Waals surface area contributed by atoms with Crippen molar-refractivity contribution in [3.8, 4) is 5.69 Å². The monoisotopic (exact) mass is 498 g/mol. The molecule has 0 atom stereocenters. The van der Waals surface area contributed by atoms with Gasteiger partial charge >= 0.3 is 0 Å². The molecule has 3 aromatic carbocycles. The molecule has 0 aliphatic rings. The third-order valence-corrected chi connectivity index (χ3v) is 5.90. The smallest absolute Gasteiger partial charge is 0.254 e. The van der Waals surface area contributed by atoms with Gasteiger partial charge in [0.05, 0.1) is 11.4 Å². The number of benzene rings is 3. The summed E-state index contributed by atoms with van der Waals surface area (Å²) >= 11 is 0. The highest BCUT2D eigenvalue weighted by atomic mass is 19.1. The molecule has 37 heavy (non-hydrogen) atoms. The fourth-order valence-corrected chi connectivity index (χ4v) is 3.96. The maximum Gasteiger partial charge on any atom is 0.254 e. The van der Waals surface area contributed by atoms with Crippen molar-refractivity contribution in [3.63, 3.8) is 0 Å². The largest absolute Gasteiger partial charge is 0.325 e. The first-order chi connectivity index (χ1) is 17.6. The maximum absolute atomic E-state index is 13.8. The van der Waals surface area contributed by atoms with Crippen LogP contribution in [0.2, 0.25) is 0 Å². The Kier molecular flexibility index (Phi) is 7.53. The van der Waals surface area contributed by atoms with Crippen LogP contribution in [0.3, 0.4) is 0 Å². The number of hydrogen-bond donors (Lipinski definition) is 1. The topological polar surface area (TPSA) is 67.2 Å². The average molecular weight is 499 g/mol. The fourth-order valence-electron chi connectivity index (χ4n) is 3.96. The zero-order valence-electron chi connectivity index (χ0n) is 21.5. The molecule has 0 aliphatic heterocycles. The summed E-state index contributed by atoms with van der Waals surface area (Å²) in [4.78, 5) is 28.0. The Morgan fingerprint density at radius 3 is 2.35 bits per heavy atom. The molecular formula is C30H31FN4O2. The van der Waals surface area contributed by atoms with E-state index >= 15 is 0 Å². The summed E-state index contributed by atoms with van der Waals surface area (Å²) in [5, 5.41) is 7.71. The molecule has 190 valence electrons. The van der Waals surface area contributed by atoms with Gasteiger partial charge in [-0.25, -0.2) is 9.07 Å². The van der Waals surface area contributed by atoms with Crippen molar-refractivity contribution in [2.24, 2.45) is 0 Å². The summed E-state index contributed by atoms with van der Waals surface area (Å²) in [5.74, 6) is -0.804. The zero-order valence-corrected chi connectivity index (χ0v) is 21.5. The van der Waals surface area contributed by atoms with Gasteiger partial charge in [-0.15, -0.1) is 0 Å². The molecule has 6 nitrogen and oxygen atoms in total. The lowest BCUT2D eigenvalue weighted by molar-refractivity contribution is -0.117. The third kappa shape index (κ3) is 6.50. The Balaban J connectivity index is 1.62. The van der Waals surface area contributed by atoms with Crippen molar-refractivity contribution in [1.29, 1.82) is 0 Å². The number of rotatable bonds is 7. The van der Waals surface area contributed by atoms with Gasteiger partial charge < -0.3 is 10.2 Å². The Morgan fingerprint density at radius 1 is 0.946 bits per heavy atom. The Hall–Kier alpha value is -4.26. The lowest BCUT2D eigenvalue weighted by Gasteiger charge is -2.23. The molecular weight excluding hydrogens is 467 g/mol. The van der Waals surface area contributed by atoms with E-state index in [9.17, 15) is 14.0 Å². The second kappa shape index (κ2) is 10.8. The van der Waals surface area contributed by atoms with Crippen molar-refractivity contribution in [1.82, 2.24) is 14.7 Å². The molecule has 1 N–H and O–H groups in total. The minimum Gasteiger partial charge on any atom is -0.325 e. The van der Waals surface area contributed by atoms with Crippen molar-refractivity contribution < 1.29 is 14.0 Å². The lowest BCUT2D eigenvalue weighted by Crippen LogP contribution is -2.38. The van der Waals surface area contributed by atoms with Gasteiger partial charge in [-0.1, -0.05) is 69.3 Å². The number of anilines is 1. The van der Waals surface area contributed by atoms with Gasteiger partial charge in [-0.05, 0) is 48.4 Å². The van der Waals surface area contributed by atoms with Crippen LogP contribution >= 0.6 is 0 Å². The summed E-state index contributed by atoms with van der Waals surface area (Å²) in [6.45, 7) is 8.15. The van der Waals surface area contributed by atoms with E-state index in [-0.39, 0.29) is 30.0 Å². The van der Waals surface area contributed by atoms with Crippen LogP contribution in [0.5, 0.6) is 0 Å². The SMILES string of the molecule is Cc1cccc(-n2nc(C(C)(C)C)cc2NC(=O)CN(Cc2ccccc2)C(=O)c2cccc(F)c2)c1. The van der Waals surface area contributed by atoms with Crippen LogP contribution in [0.15, 0.2) is 84.9 Å². The van der Waals surface area contributed by atoms with E-state index in [0.717, 1.165) is 22.5 Å². The Labute approximate surface area is 216 Å². The molecule has 0 bridgehead atoms. The Morgan fingerprint density at radius 2 is 1.68 bits per heavy atom. The Bertz CT molecular complexity index is 1410. The molecule has 0 spiro atoms. The van der Waals surface area contributed by atoms with E-state index in [4.69, 9.17) is 5.10 Å². The van der Waals surface area contributed by atoms with E-state index in [1.54, 1.807) is 10.7 Å². The van der Waals surface area contributed by atoms with Crippen LogP contribution in [0.25, 0.3) is 5.69 Å². The predicted octanol–water partition coefficient (Wildman–Crippen LogP) is 5.90. The number of carbonyl (C=O) groups is 2. The minimum absolute atomic E-state index is 0.184. The van der Waals surface area contributed by atoms with Gasteiger partial charge in [0.25, 0.3) is 5.91 Å². The number of amides is 2. The van der Waals surface area contributed by atoms with Crippen molar-refractivity contribution in [2.75, 3.05) is 11.9 Å². The minimum atomic E-state index is -0.508. The van der Waals surface area contributed by atoms with Crippen molar-refractivity contribution in [3.05, 3.63) is 113 Å². The molecule has 1 heterocycles. The first kappa shape index (κ1) is 25.8. The highest BCUT2D eigenvalue weighted by molar-refractivity contribution is 5.99. The summed E-state index contributed by atoms with van der Waals surface area (Å²) in [7, 11) is 0. The average Bonchev–Trinajstić information content (AvgIpc) is 3.28. The van der Waals surface area contributed by atoms with Gasteiger partial charge in [-0.3, -0.25) is 9.59 Å². The quantitative estimate of drug-likeness (QED) is 0.345. The number of aromatic nitrogens is 2. The van der Waals surface area contributed by atoms with E-state index in [1.807, 2.05) is 67.6 Å². The number of hydrogen-bond acceptors (Lipinski definition) is 3. The van der Waals surface area contributed by atoms with Gasteiger partial charge in [0.15, 0.2) is 0 Å². The zero-order chi connectivity index (χ0) is 26.6. The highest BCUT2D eigenvalue weighted by Crippen LogP contribution is 2.26. The molecule has 2 amide bonds. The van der Waals surface area contributed by atoms with Crippen molar-refractivity contribution in [2.45, 2.75) is 39.7 Å². The lowest BCUT2D eigenvalue weighted by atomic mass is 9.92. The normalized spacial score (nSPS) is 11.3. The van der Waals surface area contributed by atoms with Crippen LogP contribution in [0.1, 0.15) is 48.0 Å². The molecule has 0 saturated heterocycles. The summed E-state index contributed by atoms with van der Waals surface area (Å²) in [6, 6.07) is 24.6. The van der Waals surface area contributed by atoms with Gasteiger partial charge in [0, 0.05) is 23.6 Å². The molecule has 0 fully saturated rings. The number of halogens is 1. The fraction of sp³-hybridized carbons (Fsp3) is 0.233. The standard InChI is InChI=1S/C30H31FN4O2/c1-21-10-8-15-25(16-21)35-27(18-26(33-35)30(2,3)4)32-28(36)20-34(19-22-11-6-5-7-12-22)29(37)23-13-9-14-24(31)17-23/h5-18H,19-20H2,1-4H3,(H,32,36). The molecule has 1 aromatic heterocycles. The van der Waals surface area contributed by atoms with Crippen LogP contribution < -0.4 is 5.32 Å². The van der Waals surface area contributed by atoms with Crippen LogP contribution in [-0.2, 0) is 16.8 Å². The molecule has 0 saturated carbocycles. The molecule has 0 aliphatic carbocycles. The number of nitrogens with zero attached hydrogens (tertiary/aromatic N) is 3. The van der Waals surface area contributed by atoms with E-state index in [2.05, 4.69) is 26.1 Å². The van der Waals surface area contributed by atoms with Gasteiger partial charge in [0.2, 0.25) is 5.91 Å². The molecule has 7 heteroatoms. The number of nitrogens with one attached hydrogen (secondary N) is 1. The second-order valence-electron chi connectivity index (χ2n) is 10.1. The third-order valence-electron chi connectivity index (χ3n) is 5.90. The molecule has 0 unspecified atom stereocenters. The number of aryl methyl sites for hydroxylation is 1. The summed E-state index contributed by atoms with van der Waals surface area (Å²) < 4.78 is 15.6. The van der Waals surface area contributed by atoms with E-state index < -0.39 is 11.7 Å². The summed E-state index contributed by atoms with van der Waals surface area (Å²) in [5.41, 5.74) is 3.52. The van der Waals surface area contributed by atoms with E-state index in [1.165, 1.54) is 23.1 Å². The predicted molar refractivity (Wildman–Crippen MR) is 143 cm³/mol. The maximum atomic E-state index is 13.8. The van der Waals surface area contributed by atoms with Crippen LogP contribution in [0.4, 0.5) is 10.2 Å².